The third kappa shape index (κ3) is 26.6. The van der Waals surface area contributed by atoms with Gasteiger partial charge in [0.25, 0.3) is 0 Å². The number of aryl methyl sites for hydroxylation is 2. The number of fused-ring (bicyclic) bond motifs is 1. The quantitative estimate of drug-likeness (QED) is 0.215. The van der Waals surface area contributed by atoms with Gasteiger partial charge in [-0.3, -0.25) is 0 Å². The third-order valence-electron chi connectivity index (χ3n) is 1.78. The molecule has 110 valence electrons. The Morgan fingerprint density at radius 1 is 0.714 bits per heavy atom. The van der Waals surface area contributed by atoms with Crippen LogP contribution in [0.1, 0.15) is 11.1 Å². The van der Waals surface area contributed by atoms with Crippen LogP contribution in [0.2, 0.25) is 0 Å². The van der Waals surface area contributed by atoms with Crippen LogP contribution in [-0.2, 0) is 39.5 Å². The fourth-order valence-corrected chi connectivity index (χ4v) is 1.14. The van der Waals surface area contributed by atoms with Gasteiger partial charge >= 0.3 is 53.4 Å². The van der Waals surface area contributed by atoms with E-state index in [0.717, 1.165) is 0 Å². The second-order valence-corrected chi connectivity index (χ2v) is 13.8. The van der Waals surface area contributed by atoms with Gasteiger partial charge in [0.2, 0.25) is 0 Å². The summed E-state index contributed by atoms with van der Waals surface area (Å²) >= 11 is 29.4. The first-order valence-electron chi connectivity index (χ1n) is 4.58. The fraction of sp³-hybridized carbons (Fsp3) is 0.200. The molecule has 0 unspecified atom stereocenters. The predicted octanol–water partition coefficient (Wildman–Crippen LogP) is 5.08. The third-order valence-corrected chi connectivity index (χ3v) is 1.78. The normalized spacial score (nSPS) is 9.14. The Kier molecular flexibility index (Phi) is 34.2. The van der Waals surface area contributed by atoms with E-state index < -0.39 is 13.5 Å². The van der Waals surface area contributed by atoms with E-state index in [-0.39, 0.29) is 17.4 Å². The Hall–Kier alpha value is 1.41. The largest absolute Gasteiger partial charge is 6.00 e. The maximum atomic E-state index is 7.50. The van der Waals surface area contributed by atoms with E-state index in [9.17, 15) is 0 Å². The van der Waals surface area contributed by atoms with Crippen molar-refractivity contribution in [2.75, 3.05) is 0 Å². The Labute approximate surface area is 167 Å². The molecule has 0 fully saturated rings. The van der Waals surface area contributed by atoms with Crippen LogP contribution in [0.3, 0.4) is 0 Å². The van der Waals surface area contributed by atoms with Crippen molar-refractivity contribution < 1.29 is 26.7 Å². The molecule has 0 aromatic heterocycles. The van der Waals surface area contributed by atoms with E-state index >= 15 is 0 Å². The van der Waals surface area contributed by atoms with Crippen molar-refractivity contribution in [2.45, 2.75) is 12.8 Å². The Balaban J connectivity index is -0.0000000978. The van der Waals surface area contributed by atoms with Crippen molar-refractivity contribution in [3.8, 4) is 0 Å². The summed E-state index contributed by atoms with van der Waals surface area (Å²) < 4.78 is 15.0. The molecule has 0 N–H and O–H groups in total. The molecule has 0 bridgehead atoms. The number of hydrogen-bond acceptors (Lipinski definition) is 0. The van der Waals surface area contributed by atoms with E-state index in [0.29, 0.717) is 0 Å². The van der Waals surface area contributed by atoms with Gasteiger partial charge in [-0.2, -0.15) is 0 Å². The maximum absolute atomic E-state index is 7.50. The van der Waals surface area contributed by atoms with E-state index in [4.69, 9.17) is 75.8 Å². The molecule has 2 rings (SSSR count). The van der Waals surface area contributed by atoms with Gasteiger partial charge < -0.3 is 0 Å². The minimum atomic E-state index is -1.46. The van der Waals surface area contributed by atoms with Crippen molar-refractivity contribution in [1.82, 2.24) is 0 Å². The summed E-state index contributed by atoms with van der Waals surface area (Å²) in [5, 5.41) is 0. The van der Waals surface area contributed by atoms with Crippen molar-refractivity contribution in [1.29, 1.82) is 0 Å². The second-order valence-electron chi connectivity index (χ2n) is 2.70. The van der Waals surface area contributed by atoms with Crippen molar-refractivity contribution >= 4 is 79.9 Å². The maximum Gasteiger partial charge on any atom is 6.00 e. The number of rotatable bonds is 0. The SMILES string of the molecule is Cl[Si](Cl)Cl.Cl[Si](Cl)Cl.[C-]#[O+].[C-]#[O+].[Cr+6].c1ccc2c(c1)CC2. The Bertz CT molecular complexity index is 338. The summed E-state index contributed by atoms with van der Waals surface area (Å²) in [5.74, 6) is 0. The molecule has 0 saturated carbocycles. The first-order valence-corrected chi connectivity index (χ1v) is 13.6. The molecule has 1 aliphatic carbocycles. The molecule has 0 heterocycles. The summed E-state index contributed by atoms with van der Waals surface area (Å²) in [4.78, 5) is 0. The van der Waals surface area contributed by atoms with Crippen molar-refractivity contribution in [2.24, 2.45) is 0 Å². The summed E-state index contributed by atoms with van der Waals surface area (Å²) in [6.07, 6.45) is 2.60. The summed E-state index contributed by atoms with van der Waals surface area (Å²) in [6, 6.07) is 8.63. The molecular formula is C10H8Cl6CrO2Si2+6. The fourth-order valence-electron chi connectivity index (χ4n) is 1.14. The van der Waals surface area contributed by atoms with Crippen molar-refractivity contribution in [3.05, 3.63) is 48.7 Å². The first-order chi connectivity index (χ1) is 9.43. The summed E-state index contributed by atoms with van der Waals surface area (Å²) in [5.41, 5.74) is 3.10. The van der Waals surface area contributed by atoms with Gasteiger partial charge in [-0.1, -0.05) is 24.3 Å². The van der Waals surface area contributed by atoms with Gasteiger partial charge in [-0.25, -0.2) is 0 Å². The standard InChI is InChI=1S/C8H8.2CO.2Cl3Si.Cr/c1-2-4-8-6-5-7(8)3-1;2*1-2;2*1-4(2)3;/h1-4H,5-6H2;;;;;/q;;;;;+6. The number of hydrogen-bond donors (Lipinski definition) is 0. The van der Waals surface area contributed by atoms with Crippen LogP contribution in [-0.4, -0.2) is 13.5 Å². The van der Waals surface area contributed by atoms with Gasteiger partial charge in [0.15, 0.2) is 0 Å². The predicted molar refractivity (Wildman–Crippen MR) is 88.3 cm³/mol. The topological polar surface area (TPSA) is 39.8 Å². The summed E-state index contributed by atoms with van der Waals surface area (Å²) in [6.45, 7) is 6.07. The monoisotopic (exact) mass is 478 g/mol. The number of halogens is 6. The Morgan fingerprint density at radius 3 is 1.00 bits per heavy atom. The molecule has 2 nitrogen and oxygen atoms in total. The van der Waals surface area contributed by atoms with Crippen LogP contribution in [0.15, 0.2) is 24.3 Å². The van der Waals surface area contributed by atoms with E-state index in [1.807, 2.05) is 0 Å². The zero-order chi connectivity index (χ0) is 16.6. The van der Waals surface area contributed by atoms with Crippen LogP contribution in [0, 0.1) is 13.3 Å². The molecule has 1 aromatic rings. The average Bonchev–Trinajstić information content (AvgIpc) is 2.35. The molecule has 0 atom stereocenters. The van der Waals surface area contributed by atoms with Gasteiger partial charge in [0, 0.05) is 0 Å². The molecule has 1 aliphatic rings. The molecular weight excluding hydrogens is 473 g/mol. The number of benzene rings is 1. The van der Waals surface area contributed by atoms with Crippen LogP contribution < -0.4 is 0 Å². The molecule has 21 heavy (non-hydrogen) atoms. The molecule has 2 radical (unpaired) electrons. The minimum Gasteiger partial charge on any atom is -0.0620 e. The van der Waals surface area contributed by atoms with Crippen LogP contribution in [0.25, 0.3) is 0 Å². The van der Waals surface area contributed by atoms with Crippen LogP contribution in [0.5, 0.6) is 0 Å². The van der Waals surface area contributed by atoms with E-state index in [1.54, 1.807) is 11.1 Å². The van der Waals surface area contributed by atoms with E-state index in [2.05, 4.69) is 37.6 Å². The molecule has 0 aliphatic heterocycles. The van der Waals surface area contributed by atoms with Gasteiger partial charge in [0.1, 0.15) is 0 Å². The Morgan fingerprint density at radius 2 is 0.905 bits per heavy atom. The zero-order valence-corrected chi connectivity index (χ0v) is 18.0. The van der Waals surface area contributed by atoms with Crippen LogP contribution >= 0.6 is 66.5 Å². The first kappa shape index (κ1) is 30.3. The zero-order valence-electron chi connectivity index (χ0n) is 10.2. The molecule has 0 spiro atoms. The van der Waals surface area contributed by atoms with Crippen LogP contribution in [0.4, 0.5) is 0 Å². The minimum absolute atomic E-state index is 0. The molecule has 1 aromatic carbocycles. The van der Waals surface area contributed by atoms with Gasteiger partial charge in [-0.05, 0) is 24.0 Å². The van der Waals surface area contributed by atoms with E-state index in [1.165, 1.54) is 12.8 Å². The molecule has 0 saturated heterocycles. The molecule has 11 heteroatoms. The molecule has 0 amide bonds. The van der Waals surface area contributed by atoms with Crippen molar-refractivity contribution in [3.63, 3.8) is 0 Å². The average molecular weight is 481 g/mol. The van der Waals surface area contributed by atoms with Gasteiger partial charge in [-0.15, -0.1) is 66.5 Å². The second kappa shape index (κ2) is 23.7. The van der Waals surface area contributed by atoms with Gasteiger partial charge in [0.05, 0.1) is 0 Å². The smallest absolute Gasteiger partial charge is 0.0620 e. The summed E-state index contributed by atoms with van der Waals surface area (Å²) in [7, 11) is 0.